The first-order valence-electron chi connectivity index (χ1n) is 6.59. The molecule has 2 unspecified atom stereocenters. The summed E-state index contributed by atoms with van der Waals surface area (Å²) < 4.78 is 2.19. The Balaban J connectivity index is 1.86. The van der Waals surface area contributed by atoms with Crippen LogP contribution in [0.25, 0.3) is 0 Å². The van der Waals surface area contributed by atoms with Crippen molar-refractivity contribution >= 4 is 0 Å². The van der Waals surface area contributed by atoms with Gasteiger partial charge in [0.25, 0.3) is 0 Å². The van der Waals surface area contributed by atoms with Gasteiger partial charge in [0.1, 0.15) is 0 Å². The standard InChI is InChI=1S/C13H23N3O/c1-10(2)16-9-14-7-12(16)8-15-11-4-3-5-13(17)6-11/h7,9-11,13,15,17H,3-6,8H2,1-2H3. The molecule has 2 atom stereocenters. The molecule has 17 heavy (non-hydrogen) atoms. The van der Waals surface area contributed by atoms with Crippen LogP contribution in [-0.2, 0) is 6.54 Å². The highest BCUT2D eigenvalue weighted by Crippen LogP contribution is 2.19. The highest BCUT2D eigenvalue weighted by molar-refractivity contribution is 5.00. The summed E-state index contributed by atoms with van der Waals surface area (Å²) in [5.74, 6) is 0. The van der Waals surface area contributed by atoms with E-state index in [2.05, 4.69) is 28.7 Å². The number of aliphatic hydroxyl groups is 1. The van der Waals surface area contributed by atoms with Crippen LogP contribution >= 0.6 is 0 Å². The van der Waals surface area contributed by atoms with E-state index in [9.17, 15) is 5.11 Å². The zero-order chi connectivity index (χ0) is 12.3. The molecule has 0 saturated heterocycles. The van der Waals surface area contributed by atoms with Crippen molar-refractivity contribution in [1.29, 1.82) is 0 Å². The molecule has 2 rings (SSSR count). The van der Waals surface area contributed by atoms with Gasteiger partial charge >= 0.3 is 0 Å². The van der Waals surface area contributed by atoms with Gasteiger partial charge in [-0.2, -0.15) is 0 Å². The maximum Gasteiger partial charge on any atom is 0.0951 e. The van der Waals surface area contributed by atoms with Crippen LogP contribution in [0.1, 0.15) is 51.3 Å². The Labute approximate surface area is 103 Å². The Bertz CT molecular complexity index is 348. The summed E-state index contributed by atoms with van der Waals surface area (Å²) in [5.41, 5.74) is 1.22. The topological polar surface area (TPSA) is 50.1 Å². The molecule has 1 fully saturated rings. The summed E-state index contributed by atoms with van der Waals surface area (Å²) in [4.78, 5) is 4.20. The van der Waals surface area contributed by atoms with Crippen molar-refractivity contribution in [2.24, 2.45) is 0 Å². The SMILES string of the molecule is CC(C)n1cncc1CNC1CCCC(O)C1. The maximum atomic E-state index is 9.62. The van der Waals surface area contributed by atoms with Crippen LogP contribution in [0.5, 0.6) is 0 Å². The van der Waals surface area contributed by atoms with Gasteiger partial charge in [0, 0.05) is 24.8 Å². The summed E-state index contributed by atoms with van der Waals surface area (Å²) in [7, 11) is 0. The zero-order valence-electron chi connectivity index (χ0n) is 10.8. The monoisotopic (exact) mass is 237 g/mol. The van der Waals surface area contributed by atoms with Crippen LogP contribution in [0.3, 0.4) is 0 Å². The lowest BCUT2D eigenvalue weighted by atomic mass is 9.93. The predicted octanol–water partition coefficient (Wildman–Crippen LogP) is 1.86. The van der Waals surface area contributed by atoms with Crippen molar-refractivity contribution in [3.63, 3.8) is 0 Å². The molecule has 0 bridgehead atoms. The summed E-state index contributed by atoms with van der Waals surface area (Å²) in [5, 5.41) is 13.2. The minimum Gasteiger partial charge on any atom is -0.393 e. The van der Waals surface area contributed by atoms with E-state index in [1.807, 2.05) is 12.5 Å². The van der Waals surface area contributed by atoms with E-state index < -0.39 is 0 Å². The van der Waals surface area contributed by atoms with Gasteiger partial charge in [-0.3, -0.25) is 0 Å². The first-order valence-corrected chi connectivity index (χ1v) is 6.59. The molecule has 0 amide bonds. The fourth-order valence-corrected chi connectivity index (χ4v) is 2.53. The average molecular weight is 237 g/mol. The molecular weight excluding hydrogens is 214 g/mol. The van der Waals surface area contributed by atoms with Gasteiger partial charge < -0.3 is 15.0 Å². The molecule has 1 aliphatic rings. The van der Waals surface area contributed by atoms with E-state index in [0.717, 1.165) is 25.8 Å². The Morgan fingerprint density at radius 3 is 3.06 bits per heavy atom. The van der Waals surface area contributed by atoms with E-state index in [-0.39, 0.29) is 6.10 Å². The molecule has 0 aliphatic heterocycles. The molecule has 1 aliphatic carbocycles. The molecule has 1 aromatic heterocycles. The first kappa shape index (κ1) is 12.6. The molecule has 1 saturated carbocycles. The number of aromatic nitrogens is 2. The van der Waals surface area contributed by atoms with Gasteiger partial charge in [-0.1, -0.05) is 0 Å². The maximum absolute atomic E-state index is 9.62. The third kappa shape index (κ3) is 3.30. The fraction of sp³-hybridized carbons (Fsp3) is 0.769. The fourth-order valence-electron chi connectivity index (χ4n) is 2.53. The van der Waals surface area contributed by atoms with E-state index in [1.54, 1.807) is 0 Å². The minimum atomic E-state index is -0.115. The van der Waals surface area contributed by atoms with E-state index in [0.29, 0.717) is 12.1 Å². The summed E-state index contributed by atoms with van der Waals surface area (Å²) >= 11 is 0. The van der Waals surface area contributed by atoms with Crippen molar-refractivity contribution in [2.75, 3.05) is 0 Å². The van der Waals surface area contributed by atoms with Gasteiger partial charge in [0.05, 0.1) is 18.1 Å². The van der Waals surface area contributed by atoms with Gasteiger partial charge in [0.15, 0.2) is 0 Å². The largest absolute Gasteiger partial charge is 0.393 e. The summed E-state index contributed by atoms with van der Waals surface area (Å²) in [6, 6.07) is 0.903. The number of hydrogen-bond acceptors (Lipinski definition) is 3. The van der Waals surface area contributed by atoms with Gasteiger partial charge in [0.2, 0.25) is 0 Å². The van der Waals surface area contributed by atoms with Crippen LogP contribution in [-0.4, -0.2) is 26.8 Å². The molecule has 0 spiro atoms. The number of nitrogens with one attached hydrogen (secondary N) is 1. The summed E-state index contributed by atoms with van der Waals surface area (Å²) in [6.07, 6.45) is 7.84. The molecular formula is C13H23N3O. The lowest BCUT2D eigenvalue weighted by molar-refractivity contribution is 0.111. The molecule has 0 radical (unpaired) electrons. The lowest BCUT2D eigenvalue weighted by Crippen LogP contribution is -2.36. The second kappa shape index (κ2) is 5.65. The zero-order valence-corrected chi connectivity index (χ0v) is 10.8. The van der Waals surface area contributed by atoms with E-state index in [1.165, 1.54) is 12.1 Å². The third-order valence-corrected chi connectivity index (χ3v) is 3.52. The second-order valence-corrected chi connectivity index (χ2v) is 5.28. The Hall–Kier alpha value is -0.870. The first-order chi connectivity index (χ1) is 8.16. The van der Waals surface area contributed by atoms with Gasteiger partial charge in [-0.15, -0.1) is 0 Å². The Morgan fingerprint density at radius 1 is 1.53 bits per heavy atom. The highest BCUT2D eigenvalue weighted by atomic mass is 16.3. The molecule has 4 heteroatoms. The van der Waals surface area contributed by atoms with Crippen molar-refractivity contribution in [3.05, 3.63) is 18.2 Å². The quantitative estimate of drug-likeness (QED) is 0.840. The number of nitrogens with zero attached hydrogens (tertiary/aromatic N) is 2. The number of hydrogen-bond donors (Lipinski definition) is 2. The lowest BCUT2D eigenvalue weighted by Gasteiger charge is -2.27. The van der Waals surface area contributed by atoms with E-state index in [4.69, 9.17) is 0 Å². The normalized spacial score (nSPS) is 25.4. The van der Waals surface area contributed by atoms with Crippen molar-refractivity contribution < 1.29 is 5.11 Å². The Kier molecular flexibility index (Phi) is 4.18. The third-order valence-electron chi connectivity index (χ3n) is 3.52. The predicted molar refractivity (Wildman–Crippen MR) is 67.7 cm³/mol. The smallest absolute Gasteiger partial charge is 0.0951 e. The highest BCUT2D eigenvalue weighted by Gasteiger charge is 2.19. The molecule has 96 valence electrons. The van der Waals surface area contributed by atoms with Gasteiger partial charge in [-0.05, 0) is 39.5 Å². The van der Waals surface area contributed by atoms with Crippen molar-refractivity contribution in [1.82, 2.24) is 14.9 Å². The van der Waals surface area contributed by atoms with Crippen molar-refractivity contribution in [2.45, 2.75) is 64.3 Å². The van der Waals surface area contributed by atoms with Crippen LogP contribution in [0.15, 0.2) is 12.5 Å². The minimum absolute atomic E-state index is 0.115. The molecule has 1 heterocycles. The van der Waals surface area contributed by atoms with Gasteiger partial charge in [-0.25, -0.2) is 4.98 Å². The van der Waals surface area contributed by atoms with Crippen LogP contribution < -0.4 is 5.32 Å². The molecule has 1 aromatic rings. The Morgan fingerprint density at radius 2 is 2.35 bits per heavy atom. The summed E-state index contributed by atoms with van der Waals surface area (Å²) in [6.45, 7) is 5.17. The van der Waals surface area contributed by atoms with Crippen molar-refractivity contribution in [3.8, 4) is 0 Å². The number of imidazole rings is 1. The van der Waals surface area contributed by atoms with Crippen LogP contribution in [0, 0.1) is 0 Å². The second-order valence-electron chi connectivity index (χ2n) is 5.28. The molecule has 2 N–H and O–H groups in total. The van der Waals surface area contributed by atoms with Crippen LogP contribution in [0.2, 0.25) is 0 Å². The number of rotatable bonds is 4. The molecule has 0 aromatic carbocycles. The average Bonchev–Trinajstić information content (AvgIpc) is 2.74. The van der Waals surface area contributed by atoms with Crippen LogP contribution in [0.4, 0.5) is 0 Å². The van der Waals surface area contributed by atoms with E-state index >= 15 is 0 Å². The molecule has 4 nitrogen and oxygen atoms in total. The number of aliphatic hydroxyl groups excluding tert-OH is 1.